The van der Waals surface area contributed by atoms with Crippen molar-refractivity contribution in [1.82, 2.24) is 14.8 Å². The number of aromatic nitrogens is 1. The first-order valence-electron chi connectivity index (χ1n) is 12.6. The van der Waals surface area contributed by atoms with Crippen LogP contribution in [0, 0.1) is 24.1 Å². The quantitative estimate of drug-likeness (QED) is 0.434. The second kappa shape index (κ2) is 12.3. The highest BCUT2D eigenvalue weighted by molar-refractivity contribution is 6.03. The number of anilines is 1. The molecule has 0 spiro atoms. The predicted molar refractivity (Wildman–Crippen MR) is 146 cm³/mol. The zero-order chi connectivity index (χ0) is 27.9. The van der Waals surface area contributed by atoms with Gasteiger partial charge in [-0.1, -0.05) is 18.7 Å². The molecule has 9 heteroatoms. The second-order valence-corrected chi connectivity index (χ2v) is 9.48. The molecule has 1 aliphatic heterocycles. The van der Waals surface area contributed by atoms with Crippen LogP contribution in [0.2, 0.25) is 0 Å². The molecule has 4 rings (SSSR count). The van der Waals surface area contributed by atoms with Crippen molar-refractivity contribution in [3.63, 3.8) is 0 Å². The molecule has 2 atom stereocenters. The van der Waals surface area contributed by atoms with Crippen LogP contribution in [-0.2, 0) is 4.79 Å². The Hall–Kier alpha value is -4.55. The standard InChI is InChI=1S/C30H30FN5O3/c1-4-29(37)36-14-13-35(18-21(36)3)19-27(24-7-5-20(2)26(31)15-24)39-25-10-8-23(9-11-25)30(38)34-28-12-6-22(16-32)17-33-28/h4-12,15,17,21,27H,1,13-14,18-19H2,2-3H3,(H,33,34,38)/t21-,27+/m1/s1. The van der Waals surface area contributed by atoms with E-state index < -0.39 is 6.10 Å². The third-order valence-corrected chi connectivity index (χ3v) is 6.69. The first-order valence-corrected chi connectivity index (χ1v) is 12.6. The number of carbonyl (C=O) groups is 2. The number of ether oxygens (including phenoxy) is 1. The summed E-state index contributed by atoms with van der Waals surface area (Å²) >= 11 is 0. The van der Waals surface area contributed by atoms with Crippen molar-refractivity contribution in [1.29, 1.82) is 5.26 Å². The van der Waals surface area contributed by atoms with Gasteiger partial charge >= 0.3 is 0 Å². The fraction of sp³-hybridized carbons (Fsp3) is 0.267. The summed E-state index contributed by atoms with van der Waals surface area (Å²) < 4.78 is 20.8. The zero-order valence-electron chi connectivity index (χ0n) is 21.9. The van der Waals surface area contributed by atoms with Gasteiger partial charge in [-0.2, -0.15) is 5.26 Å². The lowest BCUT2D eigenvalue weighted by atomic mass is 10.0. The minimum atomic E-state index is -0.475. The van der Waals surface area contributed by atoms with E-state index in [1.807, 2.05) is 19.1 Å². The molecular weight excluding hydrogens is 497 g/mol. The van der Waals surface area contributed by atoms with Crippen LogP contribution in [0.5, 0.6) is 5.75 Å². The largest absolute Gasteiger partial charge is 0.484 e. The molecule has 0 saturated carbocycles. The molecule has 1 aromatic heterocycles. The fourth-order valence-electron chi connectivity index (χ4n) is 4.47. The van der Waals surface area contributed by atoms with Gasteiger partial charge in [0.1, 0.15) is 29.6 Å². The first kappa shape index (κ1) is 27.5. The molecule has 0 radical (unpaired) electrons. The van der Waals surface area contributed by atoms with E-state index in [1.54, 1.807) is 54.3 Å². The van der Waals surface area contributed by atoms with Crippen molar-refractivity contribution in [2.45, 2.75) is 26.0 Å². The minimum absolute atomic E-state index is 0.00282. The number of nitrogens with zero attached hydrogens (tertiary/aromatic N) is 4. The van der Waals surface area contributed by atoms with E-state index in [-0.39, 0.29) is 23.7 Å². The Morgan fingerprint density at radius 3 is 2.62 bits per heavy atom. The van der Waals surface area contributed by atoms with Crippen molar-refractivity contribution in [3.05, 3.63) is 102 Å². The number of benzene rings is 2. The summed E-state index contributed by atoms with van der Waals surface area (Å²) in [6.45, 7) is 9.66. The summed E-state index contributed by atoms with van der Waals surface area (Å²) in [4.78, 5) is 32.8. The zero-order valence-corrected chi connectivity index (χ0v) is 21.9. The van der Waals surface area contributed by atoms with Gasteiger partial charge in [0.2, 0.25) is 5.91 Å². The van der Waals surface area contributed by atoms with Crippen LogP contribution in [-0.4, -0.2) is 58.8 Å². The molecule has 3 aromatic rings. The van der Waals surface area contributed by atoms with Crippen LogP contribution in [0.15, 0.2) is 73.4 Å². The van der Waals surface area contributed by atoms with Crippen LogP contribution >= 0.6 is 0 Å². The number of rotatable bonds is 8. The molecule has 39 heavy (non-hydrogen) atoms. The molecule has 1 N–H and O–H groups in total. The average Bonchev–Trinajstić information content (AvgIpc) is 2.94. The summed E-state index contributed by atoms with van der Waals surface area (Å²) in [6, 6.07) is 16.9. The van der Waals surface area contributed by atoms with Crippen LogP contribution in [0.1, 0.15) is 40.1 Å². The maximum atomic E-state index is 14.5. The molecule has 2 aromatic carbocycles. The van der Waals surface area contributed by atoms with E-state index in [1.165, 1.54) is 18.3 Å². The monoisotopic (exact) mass is 527 g/mol. The molecule has 2 amide bonds. The van der Waals surface area contributed by atoms with Gasteiger partial charge in [0.25, 0.3) is 5.91 Å². The molecule has 1 fully saturated rings. The van der Waals surface area contributed by atoms with Gasteiger partial charge in [-0.05, 0) is 73.5 Å². The van der Waals surface area contributed by atoms with Crippen molar-refractivity contribution in [3.8, 4) is 11.8 Å². The van der Waals surface area contributed by atoms with E-state index in [4.69, 9.17) is 10.00 Å². The Morgan fingerprint density at radius 2 is 2.00 bits per heavy atom. The number of piperazine rings is 1. The second-order valence-electron chi connectivity index (χ2n) is 9.48. The van der Waals surface area contributed by atoms with E-state index in [2.05, 4.69) is 21.8 Å². The summed E-state index contributed by atoms with van der Waals surface area (Å²) in [7, 11) is 0. The van der Waals surface area contributed by atoms with Crippen molar-refractivity contribution >= 4 is 17.6 Å². The van der Waals surface area contributed by atoms with Gasteiger partial charge < -0.3 is 15.0 Å². The molecule has 1 aliphatic rings. The van der Waals surface area contributed by atoms with Crippen molar-refractivity contribution in [2.75, 3.05) is 31.5 Å². The van der Waals surface area contributed by atoms with E-state index in [0.717, 1.165) is 0 Å². The highest BCUT2D eigenvalue weighted by Crippen LogP contribution is 2.26. The number of carbonyl (C=O) groups excluding carboxylic acids is 2. The number of halogens is 1. The number of nitrogens with one attached hydrogen (secondary N) is 1. The summed E-state index contributed by atoms with van der Waals surface area (Å²) in [5, 5.41) is 11.6. The summed E-state index contributed by atoms with van der Waals surface area (Å²) in [6.07, 6.45) is 2.24. The molecule has 8 nitrogen and oxygen atoms in total. The normalized spacial score (nSPS) is 16.2. The highest BCUT2D eigenvalue weighted by Gasteiger charge is 2.28. The minimum Gasteiger partial charge on any atom is -0.484 e. The van der Waals surface area contributed by atoms with Crippen molar-refractivity contribution < 1.29 is 18.7 Å². The maximum Gasteiger partial charge on any atom is 0.256 e. The van der Waals surface area contributed by atoms with Crippen molar-refractivity contribution in [2.24, 2.45) is 0 Å². The number of pyridine rings is 1. The molecule has 0 aliphatic carbocycles. The van der Waals surface area contributed by atoms with Crippen LogP contribution in [0.25, 0.3) is 0 Å². The topological polar surface area (TPSA) is 98.6 Å². The van der Waals surface area contributed by atoms with Crippen LogP contribution in [0.3, 0.4) is 0 Å². The third-order valence-electron chi connectivity index (χ3n) is 6.69. The van der Waals surface area contributed by atoms with Gasteiger partial charge in [0.05, 0.1) is 5.56 Å². The smallest absolute Gasteiger partial charge is 0.256 e. The number of hydrogen-bond acceptors (Lipinski definition) is 6. The summed E-state index contributed by atoms with van der Waals surface area (Å²) in [5.41, 5.74) is 2.06. The highest BCUT2D eigenvalue weighted by atomic mass is 19.1. The van der Waals surface area contributed by atoms with E-state index in [0.29, 0.717) is 60.0 Å². The maximum absolute atomic E-state index is 14.5. The molecule has 2 heterocycles. The van der Waals surface area contributed by atoms with E-state index in [9.17, 15) is 14.0 Å². The number of nitriles is 1. The SMILES string of the molecule is C=CC(=O)N1CCN(C[C@H](Oc2ccc(C(=O)Nc3ccc(C#N)cn3)cc2)c2ccc(C)c(F)c2)C[C@H]1C. The fourth-order valence-corrected chi connectivity index (χ4v) is 4.47. The molecule has 1 saturated heterocycles. The number of aryl methyl sites for hydroxylation is 1. The van der Waals surface area contributed by atoms with Gasteiger partial charge in [0, 0.05) is 44.0 Å². The van der Waals surface area contributed by atoms with Gasteiger partial charge in [-0.25, -0.2) is 9.37 Å². The third kappa shape index (κ3) is 6.86. The Balaban J connectivity index is 1.47. The van der Waals surface area contributed by atoms with E-state index >= 15 is 0 Å². The number of amides is 2. The summed E-state index contributed by atoms with van der Waals surface area (Å²) in [5.74, 6) is 0.123. The molecular formula is C30H30FN5O3. The van der Waals surface area contributed by atoms with Gasteiger partial charge in [-0.15, -0.1) is 0 Å². The average molecular weight is 528 g/mol. The first-order chi connectivity index (χ1) is 18.8. The molecule has 0 bridgehead atoms. The Bertz CT molecular complexity index is 1390. The van der Waals surface area contributed by atoms with Crippen LogP contribution < -0.4 is 10.1 Å². The predicted octanol–water partition coefficient (Wildman–Crippen LogP) is 4.49. The number of hydrogen-bond donors (Lipinski definition) is 1. The lowest BCUT2D eigenvalue weighted by molar-refractivity contribution is -0.130. The van der Waals surface area contributed by atoms with Gasteiger partial charge in [-0.3, -0.25) is 14.5 Å². The molecule has 200 valence electrons. The molecule has 0 unspecified atom stereocenters. The Morgan fingerprint density at radius 1 is 1.23 bits per heavy atom. The van der Waals surface area contributed by atoms with Gasteiger partial charge in [0.15, 0.2) is 0 Å². The van der Waals surface area contributed by atoms with Crippen LogP contribution in [0.4, 0.5) is 10.2 Å². The Kier molecular flexibility index (Phi) is 8.69. The Labute approximate surface area is 227 Å². The lowest BCUT2D eigenvalue weighted by Crippen LogP contribution is -2.54. The lowest BCUT2D eigenvalue weighted by Gasteiger charge is -2.40.